The molecule has 10 rings (SSSR count). The lowest BCUT2D eigenvalue weighted by Gasteiger charge is -2.34. The molecular formula is C76H88F8N8. The maximum atomic E-state index is 14.1. The van der Waals surface area contributed by atoms with Crippen LogP contribution in [0.3, 0.4) is 0 Å². The van der Waals surface area contributed by atoms with E-state index in [1.807, 2.05) is 0 Å². The highest BCUT2D eigenvalue weighted by Gasteiger charge is 2.22. The molecule has 2 aliphatic heterocycles. The smallest absolute Gasteiger partial charge is 0.126 e. The standard InChI is InChI=1S/2C38H44F4N4/c2*1-29-3-7-31(8-4-29)25-43-11-15-45(27-33-19-35(39)23-36(40)20-33)17-13-44(26-32-9-5-30(2)6-10-32)14-18-46(16-12-43)28-34-21-37(41)24-38(42)22-34/h2*3-10,19-24H,11-18,25-28H2,1-2H3. The van der Waals surface area contributed by atoms with E-state index in [4.69, 9.17) is 0 Å². The molecule has 2 aliphatic rings. The molecule has 8 aromatic carbocycles. The molecule has 0 saturated carbocycles. The number of halogens is 8. The lowest BCUT2D eigenvalue weighted by Crippen LogP contribution is -2.45. The molecule has 0 atom stereocenters. The third kappa shape index (κ3) is 23.8. The topological polar surface area (TPSA) is 25.9 Å². The average molecular weight is 1270 g/mol. The number of benzene rings is 8. The van der Waals surface area contributed by atoms with Gasteiger partial charge in [0.25, 0.3) is 0 Å². The van der Waals surface area contributed by atoms with Crippen LogP contribution in [0.5, 0.6) is 0 Å². The van der Waals surface area contributed by atoms with Gasteiger partial charge in [0.2, 0.25) is 0 Å². The Morgan fingerprint density at radius 1 is 0.185 bits per heavy atom. The quantitative estimate of drug-likeness (QED) is 0.0883. The van der Waals surface area contributed by atoms with Crippen LogP contribution in [-0.4, -0.2) is 144 Å². The Hall–Kier alpha value is -7.12. The van der Waals surface area contributed by atoms with Crippen LogP contribution in [0.1, 0.15) is 66.8 Å². The second kappa shape index (κ2) is 34.7. The number of hydrogen-bond donors (Lipinski definition) is 0. The Kier molecular flexibility index (Phi) is 26.1. The van der Waals surface area contributed by atoms with Gasteiger partial charge in [-0.1, -0.05) is 119 Å². The van der Waals surface area contributed by atoms with E-state index in [-0.39, 0.29) is 0 Å². The van der Waals surface area contributed by atoms with Gasteiger partial charge < -0.3 is 0 Å². The van der Waals surface area contributed by atoms with E-state index < -0.39 is 46.5 Å². The molecule has 2 fully saturated rings. The molecule has 2 saturated heterocycles. The first kappa shape index (κ1) is 69.2. The monoisotopic (exact) mass is 1260 g/mol. The van der Waals surface area contributed by atoms with Gasteiger partial charge in [-0.05, 0) is 121 Å². The Balaban J connectivity index is 0.000000217. The fourth-order valence-electron chi connectivity index (χ4n) is 12.1. The Morgan fingerprint density at radius 3 is 0.435 bits per heavy atom. The van der Waals surface area contributed by atoms with Crippen molar-refractivity contribution in [2.45, 2.75) is 80.1 Å². The Morgan fingerprint density at radius 2 is 0.304 bits per heavy atom. The number of rotatable bonds is 16. The van der Waals surface area contributed by atoms with Crippen molar-refractivity contribution in [2.75, 3.05) is 105 Å². The van der Waals surface area contributed by atoms with Gasteiger partial charge in [-0.3, -0.25) is 39.2 Å². The fourth-order valence-corrected chi connectivity index (χ4v) is 12.1. The molecule has 0 aromatic heterocycles. The molecule has 0 amide bonds. The van der Waals surface area contributed by atoms with Crippen molar-refractivity contribution < 1.29 is 35.1 Å². The van der Waals surface area contributed by atoms with Crippen LogP contribution in [0, 0.1) is 74.2 Å². The van der Waals surface area contributed by atoms with Crippen molar-refractivity contribution >= 4 is 0 Å². The van der Waals surface area contributed by atoms with Crippen molar-refractivity contribution in [1.82, 2.24) is 39.2 Å². The molecule has 0 spiro atoms. The van der Waals surface area contributed by atoms with Gasteiger partial charge in [-0.25, -0.2) is 35.1 Å². The second-order valence-corrected chi connectivity index (χ2v) is 25.3. The van der Waals surface area contributed by atoms with E-state index in [9.17, 15) is 35.1 Å². The molecule has 8 aromatic rings. The van der Waals surface area contributed by atoms with Gasteiger partial charge in [0.05, 0.1) is 0 Å². The lowest BCUT2D eigenvalue weighted by atomic mass is 10.1. The van der Waals surface area contributed by atoms with Gasteiger partial charge in [0.15, 0.2) is 0 Å². The van der Waals surface area contributed by atoms with E-state index >= 15 is 0 Å². The predicted molar refractivity (Wildman–Crippen MR) is 352 cm³/mol. The normalized spacial score (nSPS) is 16.7. The van der Waals surface area contributed by atoms with Crippen LogP contribution in [-0.2, 0) is 52.4 Å². The summed E-state index contributed by atoms with van der Waals surface area (Å²) < 4.78 is 113. The summed E-state index contributed by atoms with van der Waals surface area (Å²) in [5.41, 5.74) is 12.1. The molecule has 92 heavy (non-hydrogen) atoms. The van der Waals surface area contributed by atoms with E-state index in [1.54, 1.807) is 0 Å². The summed E-state index contributed by atoms with van der Waals surface area (Å²) in [6.07, 6.45) is 0. The van der Waals surface area contributed by atoms with Crippen LogP contribution in [0.25, 0.3) is 0 Å². The van der Waals surface area contributed by atoms with E-state index in [2.05, 4.69) is 164 Å². The molecule has 0 unspecified atom stereocenters. The third-order valence-electron chi connectivity index (χ3n) is 17.3. The van der Waals surface area contributed by atoms with Crippen LogP contribution < -0.4 is 0 Å². The van der Waals surface area contributed by atoms with Crippen molar-refractivity contribution in [3.63, 3.8) is 0 Å². The number of nitrogens with zero attached hydrogens (tertiary/aromatic N) is 8. The van der Waals surface area contributed by atoms with Gasteiger partial charge in [0, 0.05) is 181 Å². The molecule has 0 radical (unpaired) electrons. The van der Waals surface area contributed by atoms with E-state index in [0.717, 1.165) is 155 Å². The largest absolute Gasteiger partial charge is 0.297 e. The van der Waals surface area contributed by atoms with Crippen molar-refractivity contribution in [2.24, 2.45) is 0 Å². The first-order valence-corrected chi connectivity index (χ1v) is 32.1. The Bertz CT molecular complexity index is 2970. The minimum absolute atomic E-state index is 0.447. The molecule has 0 aliphatic carbocycles. The third-order valence-corrected chi connectivity index (χ3v) is 17.3. The summed E-state index contributed by atoms with van der Waals surface area (Å²) in [5, 5.41) is 0. The number of hydrogen-bond acceptors (Lipinski definition) is 8. The summed E-state index contributed by atoms with van der Waals surface area (Å²) in [6.45, 7) is 24.9. The minimum atomic E-state index is -0.565. The first-order valence-electron chi connectivity index (χ1n) is 32.1. The molecule has 8 nitrogen and oxygen atoms in total. The summed E-state index contributed by atoms with van der Waals surface area (Å²) in [4.78, 5) is 18.7. The maximum absolute atomic E-state index is 14.1. The van der Waals surface area contributed by atoms with Crippen molar-refractivity contribution in [3.05, 3.63) is 283 Å². The highest BCUT2D eigenvalue weighted by Crippen LogP contribution is 2.20. The average Bonchev–Trinajstić information content (AvgIpc) is 3.68. The maximum Gasteiger partial charge on any atom is 0.126 e. The molecule has 0 bridgehead atoms. The van der Waals surface area contributed by atoms with Crippen LogP contribution in [0.4, 0.5) is 35.1 Å². The van der Waals surface area contributed by atoms with E-state index in [1.165, 1.54) is 93.0 Å². The molecule has 16 heteroatoms. The van der Waals surface area contributed by atoms with Crippen molar-refractivity contribution in [1.29, 1.82) is 0 Å². The Labute approximate surface area is 539 Å². The number of aryl methyl sites for hydroxylation is 4. The van der Waals surface area contributed by atoms with Crippen LogP contribution in [0.15, 0.2) is 170 Å². The highest BCUT2D eigenvalue weighted by atomic mass is 19.2. The fraction of sp³-hybridized carbons (Fsp3) is 0.368. The summed E-state index contributed by atoms with van der Waals surface area (Å²) in [6, 6.07) is 49.1. The summed E-state index contributed by atoms with van der Waals surface area (Å²) >= 11 is 0. The SMILES string of the molecule is Cc1ccc(CN2CCN(Cc3cc(F)cc(F)c3)CCN(Cc3ccc(C)cc3)CCN(Cc3cc(F)cc(F)c3)CC2)cc1.Cc1ccc(CN2CCN(Cc3cc(F)cc(F)c3)CCN(Cc3ccc(C)cc3)CCN(Cc3cc(F)cc(F)c3)CC2)cc1. The van der Waals surface area contributed by atoms with Gasteiger partial charge in [-0.15, -0.1) is 0 Å². The van der Waals surface area contributed by atoms with Gasteiger partial charge >= 0.3 is 0 Å². The second-order valence-electron chi connectivity index (χ2n) is 25.3. The van der Waals surface area contributed by atoms with Gasteiger partial charge in [-0.2, -0.15) is 0 Å². The molecule has 2 heterocycles. The van der Waals surface area contributed by atoms with Crippen molar-refractivity contribution in [3.8, 4) is 0 Å². The molecule has 0 N–H and O–H groups in total. The first-order chi connectivity index (χ1) is 44.3. The highest BCUT2D eigenvalue weighted by molar-refractivity contribution is 5.26. The van der Waals surface area contributed by atoms with Crippen LogP contribution >= 0.6 is 0 Å². The minimum Gasteiger partial charge on any atom is -0.297 e. The zero-order valence-electron chi connectivity index (χ0n) is 53.7. The zero-order valence-corrected chi connectivity index (χ0v) is 53.7. The zero-order chi connectivity index (χ0) is 64.9. The summed E-state index contributed by atoms with van der Waals surface area (Å²) in [7, 11) is 0. The van der Waals surface area contributed by atoms with E-state index in [0.29, 0.717) is 48.4 Å². The molecular weight excluding hydrogens is 1180 g/mol. The lowest BCUT2D eigenvalue weighted by molar-refractivity contribution is 0.122. The van der Waals surface area contributed by atoms with Gasteiger partial charge in [0.1, 0.15) is 46.5 Å². The van der Waals surface area contributed by atoms with Crippen LogP contribution in [0.2, 0.25) is 0 Å². The predicted octanol–water partition coefficient (Wildman–Crippen LogP) is 14.4. The summed E-state index contributed by atoms with van der Waals surface area (Å²) in [5.74, 6) is -4.52. The molecule has 488 valence electrons.